The standard InChI is InChI=1S/C10H19N3O5/c1-4-13(6-8(14)11-2)10(17)12-5-7(18-3)9(15)16/h7H,4-6H2,1-3H3,(H,11,14)(H,12,17)(H,15,16). The summed E-state index contributed by atoms with van der Waals surface area (Å²) in [5.74, 6) is -1.46. The van der Waals surface area contributed by atoms with Crippen molar-refractivity contribution in [3.8, 4) is 0 Å². The topological polar surface area (TPSA) is 108 Å². The lowest BCUT2D eigenvalue weighted by molar-refractivity contribution is -0.148. The number of carbonyl (C=O) groups excluding carboxylic acids is 2. The molecule has 3 N–H and O–H groups in total. The van der Waals surface area contributed by atoms with Crippen LogP contribution in [0.4, 0.5) is 4.79 Å². The first-order valence-electron chi connectivity index (χ1n) is 5.45. The molecule has 1 atom stereocenters. The van der Waals surface area contributed by atoms with Gasteiger partial charge in [-0.05, 0) is 6.92 Å². The van der Waals surface area contributed by atoms with Gasteiger partial charge in [0.15, 0.2) is 6.10 Å². The molecule has 0 aromatic carbocycles. The van der Waals surface area contributed by atoms with Gasteiger partial charge in [-0.1, -0.05) is 0 Å². The number of amides is 3. The monoisotopic (exact) mass is 261 g/mol. The lowest BCUT2D eigenvalue weighted by Crippen LogP contribution is -2.47. The van der Waals surface area contributed by atoms with Crippen molar-refractivity contribution in [3.05, 3.63) is 0 Å². The highest BCUT2D eigenvalue weighted by Crippen LogP contribution is 1.92. The van der Waals surface area contributed by atoms with Crippen molar-refractivity contribution in [1.29, 1.82) is 0 Å². The van der Waals surface area contributed by atoms with Gasteiger partial charge in [-0.15, -0.1) is 0 Å². The zero-order valence-electron chi connectivity index (χ0n) is 10.7. The molecule has 0 heterocycles. The van der Waals surface area contributed by atoms with Crippen LogP contribution in [-0.2, 0) is 14.3 Å². The molecule has 0 aromatic rings. The Hall–Kier alpha value is -1.83. The summed E-state index contributed by atoms with van der Waals surface area (Å²) in [5.41, 5.74) is 0. The molecule has 0 fully saturated rings. The third kappa shape index (κ3) is 5.48. The minimum atomic E-state index is -1.16. The van der Waals surface area contributed by atoms with Crippen LogP contribution >= 0.6 is 0 Å². The molecule has 0 bridgehead atoms. The quantitative estimate of drug-likeness (QED) is 0.537. The molecule has 3 amide bonds. The van der Waals surface area contributed by atoms with Crippen LogP contribution in [0.15, 0.2) is 0 Å². The van der Waals surface area contributed by atoms with E-state index in [1.807, 2.05) is 0 Å². The van der Waals surface area contributed by atoms with E-state index in [-0.39, 0.29) is 19.0 Å². The number of nitrogens with zero attached hydrogens (tertiary/aromatic N) is 1. The van der Waals surface area contributed by atoms with Crippen LogP contribution in [0.2, 0.25) is 0 Å². The smallest absolute Gasteiger partial charge is 0.334 e. The fourth-order valence-corrected chi connectivity index (χ4v) is 1.14. The van der Waals surface area contributed by atoms with Crippen LogP contribution in [0.1, 0.15) is 6.92 Å². The summed E-state index contributed by atoms with van der Waals surface area (Å²) in [6.07, 6.45) is -1.10. The van der Waals surface area contributed by atoms with E-state index >= 15 is 0 Å². The highest BCUT2D eigenvalue weighted by molar-refractivity contribution is 5.84. The fourth-order valence-electron chi connectivity index (χ4n) is 1.14. The van der Waals surface area contributed by atoms with Crippen molar-refractivity contribution in [2.24, 2.45) is 0 Å². The average Bonchev–Trinajstić information content (AvgIpc) is 2.35. The second-order valence-electron chi connectivity index (χ2n) is 3.44. The molecular weight excluding hydrogens is 242 g/mol. The second-order valence-corrected chi connectivity index (χ2v) is 3.44. The average molecular weight is 261 g/mol. The minimum absolute atomic E-state index is 0.0798. The Bertz CT molecular complexity index is 308. The van der Waals surface area contributed by atoms with Gasteiger partial charge in [-0.25, -0.2) is 9.59 Å². The van der Waals surface area contributed by atoms with Crippen LogP contribution in [0.3, 0.4) is 0 Å². The maximum absolute atomic E-state index is 11.7. The highest BCUT2D eigenvalue weighted by atomic mass is 16.5. The largest absolute Gasteiger partial charge is 0.479 e. The first kappa shape index (κ1) is 16.2. The Morgan fingerprint density at radius 3 is 2.39 bits per heavy atom. The molecule has 1 unspecified atom stereocenters. The Morgan fingerprint density at radius 1 is 1.39 bits per heavy atom. The van der Waals surface area contributed by atoms with Gasteiger partial charge in [0.1, 0.15) is 6.54 Å². The number of carboxylic acids is 1. The lowest BCUT2D eigenvalue weighted by atomic mass is 10.3. The van der Waals surface area contributed by atoms with Gasteiger partial charge >= 0.3 is 12.0 Å². The molecule has 0 saturated carbocycles. The van der Waals surface area contributed by atoms with Crippen molar-refractivity contribution < 1.29 is 24.2 Å². The molecule has 8 nitrogen and oxygen atoms in total. The zero-order chi connectivity index (χ0) is 14.1. The maximum Gasteiger partial charge on any atom is 0.334 e. The minimum Gasteiger partial charge on any atom is -0.479 e. The first-order valence-corrected chi connectivity index (χ1v) is 5.45. The molecule has 0 aliphatic heterocycles. The Morgan fingerprint density at radius 2 is 2.00 bits per heavy atom. The number of urea groups is 1. The number of carbonyl (C=O) groups is 3. The van der Waals surface area contributed by atoms with Gasteiger partial charge in [-0.2, -0.15) is 0 Å². The van der Waals surface area contributed by atoms with Crippen LogP contribution in [0.5, 0.6) is 0 Å². The number of carboxylic acid groups (broad SMARTS) is 1. The summed E-state index contributed by atoms with van der Waals surface area (Å²) in [6.45, 7) is 1.82. The van der Waals surface area contributed by atoms with Crippen molar-refractivity contribution in [3.63, 3.8) is 0 Å². The van der Waals surface area contributed by atoms with Crippen molar-refractivity contribution >= 4 is 17.9 Å². The summed E-state index contributed by atoms with van der Waals surface area (Å²) in [5, 5.41) is 13.5. The third-order valence-corrected chi connectivity index (χ3v) is 2.28. The molecule has 18 heavy (non-hydrogen) atoms. The fraction of sp³-hybridized carbons (Fsp3) is 0.700. The van der Waals surface area contributed by atoms with Gasteiger partial charge in [0.05, 0.1) is 6.54 Å². The number of likely N-dealkylation sites (N-methyl/N-ethyl adjacent to an activating group) is 2. The number of nitrogens with one attached hydrogen (secondary N) is 2. The van der Waals surface area contributed by atoms with E-state index < -0.39 is 18.1 Å². The first-order chi connectivity index (χ1) is 8.46. The van der Waals surface area contributed by atoms with E-state index in [9.17, 15) is 14.4 Å². The molecule has 0 aliphatic rings. The van der Waals surface area contributed by atoms with E-state index in [2.05, 4.69) is 15.4 Å². The van der Waals surface area contributed by atoms with Crippen LogP contribution < -0.4 is 10.6 Å². The molecule has 104 valence electrons. The van der Waals surface area contributed by atoms with E-state index in [0.717, 1.165) is 0 Å². The predicted octanol–water partition coefficient (Wildman–Crippen LogP) is -1.14. The molecule has 0 saturated heterocycles. The van der Waals surface area contributed by atoms with E-state index in [1.165, 1.54) is 19.1 Å². The van der Waals surface area contributed by atoms with Crippen molar-refractivity contribution in [1.82, 2.24) is 15.5 Å². The Balaban J connectivity index is 4.27. The molecule has 0 radical (unpaired) electrons. The van der Waals surface area contributed by atoms with Gasteiger partial charge in [-0.3, -0.25) is 4.79 Å². The Kier molecular flexibility index (Phi) is 7.45. The number of hydrogen-bond acceptors (Lipinski definition) is 4. The number of hydrogen-bond donors (Lipinski definition) is 3. The van der Waals surface area contributed by atoms with Crippen LogP contribution in [0.25, 0.3) is 0 Å². The number of rotatable bonds is 7. The van der Waals surface area contributed by atoms with Crippen LogP contribution in [-0.4, -0.2) is 67.8 Å². The van der Waals surface area contributed by atoms with Crippen molar-refractivity contribution in [2.75, 3.05) is 33.8 Å². The zero-order valence-corrected chi connectivity index (χ0v) is 10.7. The van der Waals surface area contributed by atoms with Gasteiger partial charge < -0.3 is 25.4 Å². The predicted molar refractivity (Wildman–Crippen MR) is 63.1 cm³/mol. The molecule has 0 rings (SSSR count). The maximum atomic E-state index is 11.7. The van der Waals surface area contributed by atoms with Crippen LogP contribution in [0, 0.1) is 0 Å². The summed E-state index contributed by atoms with van der Waals surface area (Å²) in [4.78, 5) is 34.7. The normalized spacial score (nSPS) is 11.5. The van der Waals surface area contributed by atoms with Gasteiger partial charge in [0.2, 0.25) is 5.91 Å². The van der Waals surface area contributed by atoms with E-state index in [1.54, 1.807) is 6.92 Å². The molecule has 0 spiro atoms. The second kappa shape index (κ2) is 8.29. The lowest BCUT2D eigenvalue weighted by Gasteiger charge is -2.21. The summed E-state index contributed by atoms with van der Waals surface area (Å²) < 4.78 is 4.67. The number of methoxy groups -OCH3 is 1. The summed E-state index contributed by atoms with van der Waals surface area (Å²) in [7, 11) is 2.71. The van der Waals surface area contributed by atoms with E-state index in [4.69, 9.17) is 5.11 Å². The molecule has 0 aromatic heterocycles. The molecule has 8 heteroatoms. The number of ether oxygens (including phenoxy) is 1. The molecule has 0 aliphatic carbocycles. The third-order valence-electron chi connectivity index (χ3n) is 2.28. The summed E-state index contributed by atoms with van der Waals surface area (Å²) in [6, 6.07) is -0.510. The van der Waals surface area contributed by atoms with Crippen molar-refractivity contribution in [2.45, 2.75) is 13.0 Å². The Labute approximate surface area is 105 Å². The molecular formula is C10H19N3O5. The van der Waals surface area contributed by atoms with E-state index in [0.29, 0.717) is 6.54 Å². The van der Waals surface area contributed by atoms with Gasteiger partial charge in [0, 0.05) is 20.7 Å². The highest BCUT2D eigenvalue weighted by Gasteiger charge is 2.20. The summed E-state index contributed by atoms with van der Waals surface area (Å²) >= 11 is 0. The number of aliphatic carboxylic acids is 1. The SMILES string of the molecule is CCN(CC(=O)NC)C(=O)NCC(OC)C(=O)O. The van der Waals surface area contributed by atoms with Gasteiger partial charge in [0.25, 0.3) is 0 Å².